The average molecular weight is 308 g/mol. The molecule has 0 amide bonds. The summed E-state index contributed by atoms with van der Waals surface area (Å²) in [6, 6.07) is 5.92. The van der Waals surface area contributed by atoms with Gasteiger partial charge in [0.05, 0.1) is 12.8 Å². The summed E-state index contributed by atoms with van der Waals surface area (Å²) in [7, 11) is 3.63. The van der Waals surface area contributed by atoms with Crippen LogP contribution in [0.4, 0.5) is 0 Å². The molecule has 1 aromatic heterocycles. The number of nitrogens with zero attached hydrogens (tertiary/aromatic N) is 2. The molecule has 1 heterocycles. The summed E-state index contributed by atoms with van der Waals surface area (Å²) in [6.45, 7) is 5.03. The summed E-state index contributed by atoms with van der Waals surface area (Å²) >= 11 is 6.12. The second-order valence-electron chi connectivity index (χ2n) is 5.11. The van der Waals surface area contributed by atoms with Crippen molar-refractivity contribution in [3.8, 4) is 5.75 Å². The van der Waals surface area contributed by atoms with Crippen molar-refractivity contribution in [2.45, 2.75) is 26.3 Å². The summed E-state index contributed by atoms with van der Waals surface area (Å²) in [6.07, 6.45) is 2.88. The van der Waals surface area contributed by atoms with Crippen molar-refractivity contribution in [1.82, 2.24) is 15.1 Å². The number of aromatic nitrogens is 2. The number of ether oxygens (including phenoxy) is 1. The number of aryl methyl sites for hydroxylation is 2. The Hall–Kier alpha value is -1.52. The molecular weight excluding hydrogens is 286 g/mol. The van der Waals surface area contributed by atoms with Crippen LogP contribution in [0.5, 0.6) is 5.75 Å². The molecule has 0 spiro atoms. The van der Waals surface area contributed by atoms with Crippen molar-refractivity contribution in [2.24, 2.45) is 7.05 Å². The van der Waals surface area contributed by atoms with Crippen molar-refractivity contribution in [1.29, 1.82) is 0 Å². The van der Waals surface area contributed by atoms with Crippen LogP contribution in [0.25, 0.3) is 0 Å². The van der Waals surface area contributed by atoms with E-state index in [1.807, 2.05) is 36.9 Å². The lowest BCUT2D eigenvalue weighted by atomic mass is 9.98. The number of halogens is 1. The van der Waals surface area contributed by atoms with Crippen molar-refractivity contribution < 1.29 is 4.74 Å². The van der Waals surface area contributed by atoms with E-state index in [4.69, 9.17) is 16.3 Å². The summed E-state index contributed by atoms with van der Waals surface area (Å²) in [5.74, 6) is 0.865. The maximum absolute atomic E-state index is 6.12. The van der Waals surface area contributed by atoms with E-state index in [0.717, 1.165) is 35.0 Å². The average Bonchev–Trinajstić information content (AvgIpc) is 2.77. The minimum atomic E-state index is 0.191. The summed E-state index contributed by atoms with van der Waals surface area (Å²) < 4.78 is 7.29. The number of hydrogen-bond donors (Lipinski definition) is 1. The van der Waals surface area contributed by atoms with Gasteiger partial charge in [0.15, 0.2) is 0 Å². The number of benzene rings is 1. The maximum Gasteiger partial charge on any atom is 0.122 e. The molecule has 0 fully saturated rings. The Bertz CT molecular complexity index is 610. The van der Waals surface area contributed by atoms with Gasteiger partial charge in [0, 0.05) is 29.9 Å². The number of rotatable bonds is 6. The van der Waals surface area contributed by atoms with Crippen molar-refractivity contribution in [3.63, 3.8) is 0 Å². The van der Waals surface area contributed by atoms with E-state index >= 15 is 0 Å². The van der Waals surface area contributed by atoms with Gasteiger partial charge in [-0.1, -0.05) is 18.5 Å². The molecule has 5 heteroatoms. The molecule has 0 aliphatic rings. The van der Waals surface area contributed by atoms with Gasteiger partial charge in [0.2, 0.25) is 0 Å². The van der Waals surface area contributed by atoms with Gasteiger partial charge in [-0.05, 0) is 43.7 Å². The van der Waals surface area contributed by atoms with E-state index in [-0.39, 0.29) is 6.04 Å². The van der Waals surface area contributed by atoms with Gasteiger partial charge in [-0.15, -0.1) is 0 Å². The molecule has 1 unspecified atom stereocenters. The highest BCUT2D eigenvalue weighted by Gasteiger charge is 2.18. The molecule has 0 saturated heterocycles. The van der Waals surface area contributed by atoms with E-state index in [1.165, 1.54) is 5.56 Å². The number of nitrogens with one attached hydrogen (secondary N) is 1. The molecule has 0 radical (unpaired) electrons. The topological polar surface area (TPSA) is 39.1 Å². The molecule has 0 aliphatic heterocycles. The highest BCUT2D eigenvalue weighted by Crippen LogP contribution is 2.28. The second-order valence-corrected chi connectivity index (χ2v) is 5.55. The first-order valence-electron chi connectivity index (χ1n) is 7.11. The molecule has 2 aromatic rings. The SMILES string of the molecule is CCNC(Cc1cc(Cl)ccc1OC)c1cn(C)nc1C. The van der Waals surface area contributed by atoms with Gasteiger partial charge < -0.3 is 10.1 Å². The molecule has 1 aromatic carbocycles. The van der Waals surface area contributed by atoms with E-state index in [2.05, 4.69) is 23.5 Å². The first kappa shape index (κ1) is 15.9. The Morgan fingerprint density at radius 3 is 2.76 bits per heavy atom. The first-order valence-corrected chi connectivity index (χ1v) is 7.48. The Morgan fingerprint density at radius 2 is 2.19 bits per heavy atom. The van der Waals surface area contributed by atoms with Crippen LogP contribution >= 0.6 is 11.6 Å². The quantitative estimate of drug-likeness (QED) is 0.890. The molecule has 0 saturated carbocycles. The smallest absolute Gasteiger partial charge is 0.122 e. The van der Waals surface area contributed by atoms with Gasteiger partial charge in [0.25, 0.3) is 0 Å². The Labute approximate surface area is 131 Å². The number of likely N-dealkylation sites (N-methyl/N-ethyl adjacent to an activating group) is 1. The van der Waals surface area contributed by atoms with Crippen LogP contribution < -0.4 is 10.1 Å². The fourth-order valence-corrected chi connectivity index (χ4v) is 2.82. The van der Waals surface area contributed by atoms with E-state index in [9.17, 15) is 0 Å². The third-order valence-corrected chi connectivity index (χ3v) is 3.78. The monoisotopic (exact) mass is 307 g/mol. The van der Waals surface area contributed by atoms with Crippen molar-refractivity contribution in [3.05, 3.63) is 46.2 Å². The summed E-state index contributed by atoms with van der Waals surface area (Å²) in [4.78, 5) is 0. The molecule has 21 heavy (non-hydrogen) atoms. The van der Waals surface area contributed by atoms with Gasteiger partial charge in [0.1, 0.15) is 5.75 Å². The van der Waals surface area contributed by atoms with Crippen molar-refractivity contribution in [2.75, 3.05) is 13.7 Å². The standard InChI is InChI=1S/C16H22ClN3O/c1-5-18-15(14-10-20(3)19-11(14)2)9-12-8-13(17)6-7-16(12)21-4/h6-8,10,15,18H,5,9H2,1-4H3. The van der Waals surface area contributed by atoms with Crippen LogP contribution in [0.15, 0.2) is 24.4 Å². The van der Waals surface area contributed by atoms with Crippen LogP contribution in [0.3, 0.4) is 0 Å². The second kappa shape index (κ2) is 6.96. The molecule has 2 rings (SSSR count). The number of hydrogen-bond acceptors (Lipinski definition) is 3. The molecule has 1 atom stereocenters. The minimum Gasteiger partial charge on any atom is -0.496 e. The zero-order valence-corrected chi connectivity index (χ0v) is 13.7. The first-order chi connectivity index (χ1) is 10.0. The van der Waals surface area contributed by atoms with Gasteiger partial charge in [-0.2, -0.15) is 5.10 Å². The minimum absolute atomic E-state index is 0.191. The lowest BCUT2D eigenvalue weighted by molar-refractivity contribution is 0.405. The highest BCUT2D eigenvalue weighted by molar-refractivity contribution is 6.30. The lowest BCUT2D eigenvalue weighted by Crippen LogP contribution is -2.23. The van der Waals surface area contributed by atoms with Crippen LogP contribution in [0.2, 0.25) is 5.02 Å². The normalized spacial score (nSPS) is 12.4. The third kappa shape index (κ3) is 3.77. The fraction of sp³-hybridized carbons (Fsp3) is 0.438. The van der Waals surface area contributed by atoms with Crippen LogP contribution in [-0.4, -0.2) is 23.4 Å². The van der Waals surface area contributed by atoms with Gasteiger partial charge >= 0.3 is 0 Å². The molecule has 4 nitrogen and oxygen atoms in total. The van der Waals surface area contributed by atoms with Gasteiger partial charge in [-0.3, -0.25) is 4.68 Å². The van der Waals surface area contributed by atoms with Crippen LogP contribution in [0.1, 0.15) is 29.8 Å². The van der Waals surface area contributed by atoms with Crippen LogP contribution in [0, 0.1) is 6.92 Å². The zero-order chi connectivity index (χ0) is 15.4. The number of methoxy groups -OCH3 is 1. The molecule has 0 aliphatic carbocycles. The van der Waals surface area contributed by atoms with E-state index < -0.39 is 0 Å². The predicted octanol–water partition coefficient (Wildman–Crippen LogP) is 3.28. The Balaban J connectivity index is 2.32. The molecule has 0 bridgehead atoms. The molecule has 1 N–H and O–H groups in total. The lowest BCUT2D eigenvalue weighted by Gasteiger charge is -2.19. The largest absolute Gasteiger partial charge is 0.496 e. The Kier molecular flexibility index (Phi) is 5.26. The summed E-state index contributed by atoms with van der Waals surface area (Å²) in [5, 5.41) is 8.68. The third-order valence-electron chi connectivity index (χ3n) is 3.54. The molecular formula is C16H22ClN3O. The molecule has 114 valence electrons. The Morgan fingerprint density at radius 1 is 1.43 bits per heavy atom. The maximum atomic E-state index is 6.12. The van der Waals surface area contributed by atoms with E-state index in [1.54, 1.807) is 7.11 Å². The highest BCUT2D eigenvalue weighted by atomic mass is 35.5. The predicted molar refractivity (Wildman–Crippen MR) is 86.1 cm³/mol. The van der Waals surface area contributed by atoms with E-state index in [0.29, 0.717) is 0 Å². The zero-order valence-electron chi connectivity index (χ0n) is 13.0. The summed E-state index contributed by atoms with van der Waals surface area (Å²) in [5.41, 5.74) is 3.35. The van der Waals surface area contributed by atoms with Crippen LogP contribution in [-0.2, 0) is 13.5 Å². The fourth-order valence-electron chi connectivity index (χ4n) is 2.63. The van der Waals surface area contributed by atoms with Gasteiger partial charge in [-0.25, -0.2) is 0 Å². The van der Waals surface area contributed by atoms with Crippen molar-refractivity contribution >= 4 is 11.6 Å².